The summed E-state index contributed by atoms with van der Waals surface area (Å²) < 4.78 is 58.0. The van der Waals surface area contributed by atoms with Gasteiger partial charge in [-0.1, -0.05) is 0 Å². The summed E-state index contributed by atoms with van der Waals surface area (Å²) in [5, 5.41) is 0. The first kappa shape index (κ1) is 9.65. The van der Waals surface area contributed by atoms with Crippen molar-refractivity contribution >= 4 is 0 Å². The highest BCUT2D eigenvalue weighted by Gasteiger charge is 2.29. The van der Waals surface area contributed by atoms with E-state index in [-0.39, 0.29) is 0 Å². The fourth-order valence-electron chi connectivity index (χ4n) is 0.397. The predicted octanol–water partition coefficient (Wildman–Crippen LogP) is 1.94. The molecular weight excluding hydrogens is 155 g/mol. The molecule has 0 spiro atoms. The number of hydrogen-bond donors (Lipinski definition) is 0. The van der Waals surface area contributed by atoms with Crippen LogP contribution in [0.1, 0.15) is 0 Å². The smallest absolute Gasteiger partial charge is 0.167 e. The van der Waals surface area contributed by atoms with Gasteiger partial charge in [-0.2, -0.15) is 0 Å². The molecule has 0 bridgehead atoms. The molecule has 0 aromatic rings. The minimum atomic E-state index is -2.69. The highest BCUT2D eigenvalue weighted by atomic mass is 19.2. The van der Waals surface area contributed by atoms with E-state index in [1.54, 1.807) is 0 Å². The Morgan fingerprint density at radius 1 is 0.800 bits per heavy atom. The Morgan fingerprint density at radius 3 is 1.30 bits per heavy atom. The molecule has 0 N–H and O–H groups in total. The Labute approximate surface area is 55.0 Å². The average molecular weight is 162 g/mol. The molecule has 62 valence electrons. The molecule has 0 aromatic heterocycles. The largest absolute Gasteiger partial charge is 0.248 e. The van der Waals surface area contributed by atoms with Crippen molar-refractivity contribution in [1.82, 2.24) is 0 Å². The Kier molecular flexibility index (Phi) is 4.31. The maximum absolute atomic E-state index is 12.0. The van der Waals surface area contributed by atoms with Crippen LogP contribution in [-0.2, 0) is 0 Å². The van der Waals surface area contributed by atoms with Crippen LogP contribution in [0.2, 0.25) is 0 Å². The molecular formula is C5H7F5. The number of rotatable bonds is 4. The van der Waals surface area contributed by atoms with Crippen LogP contribution in [0.25, 0.3) is 0 Å². The molecule has 10 heavy (non-hydrogen) atoms. The van der Waals surface area contributed by atoms with Gasteiger partial charge in [0.25, 0.3) is 0 Å². The zero-order valence-corrected chi connectivity index (χ0v) is 5.04. The van der Waals surface area contributed by atoms with Gasteiger partial charge in [-0.3, -0.25) is 0 Å². The summed E-state index contributed by atoms with van der Waals surface area (Å²) in [6, 6.07) is 0. The first-order valence-electron chi connectivity index (χ1n) is 2.67. The Bertz CT molecular complexity index is 76.1. The third kappa shape index (κ3) is 2.49. The Balaban J connectivity index is 3.69. The summed E-state index contributed by atoms with van der Waals surface area (Å²) in [7, 11) is 0. The normalized spacial score (nSPS) is 20.1. The lowest BCUT2D eigenvalue weighted by atomic mass is 10.2. The van der Waals surface area contributed by atoms with Crippen molar-refractivity contribution in [3.63, 3.8) is 0 Å². The van der Waals surface area contributed by atoms with E-state index in [0.29, 0.717) is 0 Å². The molecule has 0 fully saturated rings. The highest BCUT2D eigenvalue weighted by Crippen LogP contribution is 2.12. The van der Waals surface area contributed by atoms with Crippen molar-refractivity contribution in [3.05, 3.63) is 0 Å². The maximum atomic E-state index is 12.0. The van der Waals surface area contributed by atoms with Crippen LogP contribution >= 0.6 is 0 Å². The zero-order valence-electron chi connectivity index (χ0n) is 5.04. The van der Waals surface area contributed by atoms with Crippen LogP contribution in [-0.4, -0.2) is 31.9 Å². The van der Waals surface area contributed by atoms with Gasteiger partial charge in [0, 0.05) is 0 Å². The quantitative estimate of drug-likeness (QED) is 0.554. The molecule has 0 heterocycles. The van der Waals surface area contributed by atoms with E-state index in [4.69, 9.17) is 0 Å². The van der Waals surface area contributed by atoms with Crippen molar-refractivity contribution in [2.45, 2.75) is 18.5 Å². The van der Waals surface area contributed by atoms with Gasteiger partial charge in [-0.05, 0) is 0 Å². The Morgan fingerprint density at radius 2 is 1.10 bits per heavy atom. The third-order valence-electron chi connectivity index (χ3n) is 0.986. The molecule has 2 unspecified atom stereocenters. The van der Waals surface area contributed by atoms with E-state index >= 15 is 0 Å². The van der Waals surface area contributed by atoms with E-state index in [2.05, 4.69) is 0 Å². The minimum Gasteiger partial charge on any atom is -0.248 e. The molecule has 0 aromatic carbocycles. The summed E-state index contributed by atoms with van der Waals surface area (Å²) in [6.07, 6.45) is -7.79. The highest BCUT2D eigenvalue weighted by molar-refractivity contribution is 4.75. The molecule has 0 saturated heterocycles. The zero-order chi connectivity index (χ0) is 8.15. The average Bonchev–Trinajstić information content (AvgIpc) is 2.00. The van der Waals surface area contributed by atoms with Gasteiger partial charge in [0.05, 0.1) is 0 Å². The van der Waals surface area contributed by atoms with Gasteiger partial charge in [0.1, 0.15) is 13.3 Å². The van der Waals surface area contributed by atoms with Gasteiger partial charge in [0.2, 0.25) is 0 Å². The molecule has 2 atom stereocenters. The first-order chi connectivity index (χ1) is 4.63. The molecule has 0 nitrogen and oxygen atoms in total. The molecule has 0 amide bonds. The molecule has 0 aliphatic heterocycles. The van der Waals surface area contributed by atoms with E-state index in [1.807, 2.05) is 0 Å². The van der Waals surface area contributed by atoms with Crippen LogP contribution < -0.4 is 0 Å². The monoisotopic (exact) mass is 162 g/mol. The molecule has 5 heteroatoms. The van der Waals surface area contributed by atoms with Crippen molar-refractivity contribution < 1.29 is 22.0 Å². The van der Waals surface area contributed by atoms with Crippen molar-refractivity contribution in [2.24, 2.45) is 0 Å². The molecule has 0 aliphatic rings. The number of halogens is 5. The van der Waals surface area contributed by atoms with Gasteiger partial charge < -0.3 is 0 Å². The van der Waals surface area contributed by atoms with E-state index in [1.165, 1.54) is 0 Å². The van der Waals surface area contributed by atoms with Crippen LogP contribution in [0, 0.1) is 0 Å². The van der Waals surface area contributed by atoms with Crippen molar-refractivity contribution in [1.29, 1.82) is 0 Å². The molecule has 0 saturated carbocycles. The van der Waals surface area contributed by atoms with Crippen molar-refractivity contribution in [2.75, 3.05) is 13.3 Å². The van der Waals surface area contributed by atoms with Crippen LogP contribution in [0.4, 0.5) is 22.0 Å². The van der Waals surface area contributed by atoms with Crippen LogP contribution in [0.3, 0.4) is 0 Å². The van der Waals surface area contributed by atoms with Gasteiger partial charge in [-0.15, -0.1) is 0 Å². The van der Waals surface area contributed by atoms with Crippen LogP contribution in [0.5, 0.6) is 0 Å². The predicted molar refractivity (Wildman–Crippen MR) is 26.6 cm³/mol. The summed E-state index contributed by atoms with van der Waals surface area (Å²) in [4.78, 5) is 0. The minimum absolute atomic E-state index is 1.62. The summed E-state index contributed by atoms with van der Waals surface area (Å²) >= 11 is 0. The topological polar surface area (TPSA) is 0 Å². The van der Waals surface area contributed by atoms with Crippen molar-refractivity contribution in [3.8, 4) is 0 Å². The lowest BCUT2D eigenvalue weighted by molar-refractivity contribution is 0.0548. The second-order valence-corrected chi connectivity index (χ2v) is 1.79. The lowest BCUT2D eigenvalue weighted by Gasteiger charge is -2.11. The summed E-state index contributed by atoms with van der Waals surface area (Å²) in [6.45, 7) is -3.25. The molecule has 0 radical (unpaired) electrons. The van der Waals surface area contributed by atoms with Gasteiger partial charge >= 0.3 is 0 Å². The first-order valence-corrected chi connectivity index (χ1v) is 2.67. The lowest BCUT2D eigenvalue weighted by Crippen LogP contribution is -2.30. The van der Waals surface area contributed by atoms with E-state index < -0.39 is 31.9 Å². The van der Waals surface area contributed by atoms with Gasteiger partial charge in [0.15, 0.2) is 18.5 Å². The fraction of sp³-hybridized carbons (Fsp3) is 1.00. The van der Waals surface area contributed by atoms with E-state index in [0.717, 1.165) is 0 Å². The number of alkyl halides is 5. The summed E-state index contributed by atoms with van der Waals surface area (Å²) in [5.41, 5.74) is 0. The fourth-order valence-corrected chi connectivity index (χ4v) is 0.397. The van der Waals surface area contributed by atoms with E-state index in [9.17, 15) is 22.0 Å². The third-order valence-corrected chi connectivity index (χ3v) is 0.986. The second-order valence-electron chi connectivity index (χ2n) is 1.79. The Hall–Kier alpha value is -0.350. The molecule has 0 aliphatic carbocycles. The number of hydrogen-bond acceptors (Lipinski definition) is 0. The summed E-state index contributed by atoms with van der Waals surface area (Å²) in [5.74, 6) is 0. The maximum Gasteiger partial charge on any atom is 0.167 e. The second kappa shape index (κ2) is 4.46. The van der Waals surface area contributed by atoms with Gasteiger partial charge in [-0.25, -0.2) is 22.0 Å². The SMILES string of the molecule is FCC(F)C(F)C(F)CF. The standard InChI is InChI=1S/C5H7F5/c6-1-3(8)5(10)4(9)2-7/h3-5H,1-2H2. The van der Waals surface area contributed by atoms with Crippen LogP contribution in [0.15, 0.2) is 0 Å². The molecule has 0 rings (SSSR count).